The first kappa shape index (κ1) is 10.2. The Hall–Kier alpha value is -0.340. The van der Waals surface area contributed by atoms with Crippen LogP contribution >= 0.6 is 15.9 Å². The highest BCUT2D eigenvalue weighted by Gasteiger charge is 2.18. The van der Waals surface area contributed by atoms with E-state index in [1.54, 1.807) is 0 Å². The van der Waals surface area contributed by atoms with Gasteiger partial charge in [-0.25, -0.2) is 0 Å². The van der Waals surface area contributed by atoms with Crippen LogP contribution < -0.4 is 5.32 Å². The second-order valence-corrected chi connectivity index (χ2v) is 5.00. The van der Waals surface area contributed by atoms with Gasteiger partial charge in [0.05, 0.1) is 0 Å². The second-order valence-electron chi connectivity index (χ2n) is 4.09. The zero-order chi connectivity index (χ0) is 10.1. The van der Waals surface area contributed by atoms with Crippen molar-refractivity contribution in [3.05, 3.63) is 33.3 Å². The lowest BCUT2D eigenvalue weighted by molar-refractivity contribution is 0.642. The first-order chi connectivity index (χ1) is 6.68. The molecule has 0 aromatic heterocycles. The van der Waals surface area contributed by atoms with E-state index in [0.29, 0.717) is 6.04 Å². The fraction of sp³-hybridized carbons (Fsp3) is 0.500. The maximum Gasteiger partial charge on any atom is 0.0323 e. The Morgan fingerprint density at radius 1 is 1.36 bits per heavy atom. The number of halogens is 1. The molecule has 0 bridgehead atoms. The van der Waals surface area contributed by atoms with Crippen molar-refractivity contribution in [3.63, 3.8) is 0 Å². The van der Waals surface area contributed by atoms with Crippen molar-refractivity contribution in [1.29, 1.82) is 0 Å². The van der Waals surface area contributed by atoms with Gasteiger partial charge >= 0.3 is 0 Å². The smallest absolute Gasteiger partial charge is 0.0323 e. The van der Waals surface area contributed by atoms with Gasteiger partial charge in [-0.15, -0.1) is 0 Å². The molecule has 2 heteroatoms. The average molecular weight is 254 g/mol. The van der Waals surface area contributed by atoms with Gasteiger partial charge in [-0.2, -0.15) is 0 Å². The van der Waals surface area contributed by atoms with E-state index in [-0.39, 0.29) is 0 Å². The first-order valence-corrected chi connectivity index (χ1v) is 5.98. The molecule has 2 rings (SSSR count). The third-order valence-electron chi connectivity index (χ3n) is 3.11. The van der Waals surface area contributed by atoms with Crippen molar-refractivity contribution >= 4 is 15.9 Å². The lowest BCUT2D eigenvalue weighted by atomic mass is 9.97. The van der Waals surface area contributed by atoms with E-state index < -0.39 is 0 Å². The summed E-state index contributed by atoms with van der Waals surface area (Å²) in [5.74, 6) is 0. The van der Waals surface area contributed by atoms with Crippen molar-refractivity contribution in [2.24, 2.45) is 0 Å². The molecule has 0 aliphatic carbocycles. The van der Waals surface area contributed by atoms with Gasteiger partial charge in [0.15, 0.2) is 0 Å². The highest BCUT2D eigenvalue weighted by Crippen LogP contribution is 2.30. The molecule has 76 valence electrons. The van der Waals surface area contributed by atoms with Crippen LogP contribution in [-0.2, 0) is 0 Å². The molecule has 1 aliphatic rings. The number of nitrogens with one attached hydrogen (secondary N) is 1. The van der Waals surface area contributed by atoms with Crippen LogP contribution in [0.1, 0.15) is 35.6 Å². The number of aryl methyl sites for hydroxylation is 1. The summed E-state index contributed by atoms with van der Waals surface area (Å²) in [5, 5.41) is 3.55. The number of hydrogen-bond donors (Lipinski definition) is 1. The summed E-state index contributed by atoms with van der Waals surface area (Å²) in [6.45, 7) is 5.56. The van der Waals surface area contributed by atoms with Crippen LogP contribution in [0.3, 0.4) is 0 Å². The minimum atomic E-state index is 0.575. The van der Waals surface area contributed by atoms with E-state index in [4.69, 9.17) is 0 Å². The number of rotatable bonds is 1. The molecule has 1 nitrogen and oxygen atoms in total. The van der Waals surface area contributed by atoms with E-state index in [0.717, 1.165) is 6.54 Å². The molecule has 1 aromatic rings. The van der Waals surface area contributed by atoms with Crippen LogP contribution in [0.15, 0.2) is 16.6 Å². The molecule has 1 fully saturated rings. The van der Waals surface area contributed by atoms with Crippen LogP contribution in [0.25, 0.3) is 0 Å². The molecule has 0 amide bonds. The Morgan fingerprint density at radius 3 is 2.79 bits per heavy atom. The first-order valence-electron chi connectivity index (χ1n) is 5.18. The molecule has 1 aliphatic heterocycles. The zero-order valence-corrected chi connectivity index (χ0v) is 10.3. The number of hydrogen-bond acceptors (Lipinski definition) is 1. The molecule has 1 aromatic carbocycles. The minimum Gasteiger partial charge on any atom is -0.310 e. The predicted molar refractivity (Wildman–Crippen MR) is 63.6 cm³/mol. The molecule has 1 saturated heterocycles. The monoisotopic (exact) mass is 253 g/mol. The van der Waals surface area contributed by atoms with Crippen LogP contribution in [0, 0.1) is 13.8 Å². The minimum absolute atomic E-state index is 0.575. The van der Waals surface area contributed by atoms with Gasteiger partial charge in [0.1, 0.15) is 0 Å². The number of benzene rings is 1. The Labute approximate surface area is 94.0 Å². The molecule has 1 heterocycles. The van der Waals surface area contributed by atoms with Gasteiger partial charge in [-0.3, -0.25) is 0 Å². The fourth-order valence-corrected chi connectivity index (χ4v) is 2.74. The molecule has 1 unspecified atom stereocenters. The van der Waals surface area contributed by atoms with Crippen LogP contribution in [0.5, 0.6) is 0 Å². The normalized spacial score (nSPS) is 21.5. The maximum atomic E-state index is 3.57. The average Bonchev–Trinajstić information content (AvgIpc) is 2.63. The Balaban J connectivity index is 2.40. The van der Waals surface area contributed by atoms with E-state index in [2.05, 4.69) is 47.2 Å². The fourth-order valence-electron chi connectivity index (χ4n) is 2.15. The third-order valence-corrected chi connectivity index (χ3v) is 3.57. The molecular weight excluding hydrogens is 238 g/mol. The lowest BCUT2D eigenvalue weighted by Gasteiger charge is -2.16. The lowest BCUT2D eigenvalue weighted by Crippen LogP contribution is -2.14. The van der Waals surface area contributed by atoms with Gasteiger partial charge in [-0.05, 0) is 62.1 Å². The predicted octanol–water partition coefficient (Wildman–Crippen LogP) is 3.49. The highest BCUT2D eigenvalue weighted by molar-refractivity contribution is 9.10. The van der Waals surface area contributed by atoms with E-state index in [1.807, 2.05) is 0 Å². The van der Waals surface area contributed by atoms with Crippen molar-refractivity contribution < 1.29 is 0 Å². The van der Waals surface area contributed by atoms with E-state index in [1.165, 1.54) is 34.0 Å². The summed E-state index contributed by atoms with van der Waals surface area (Å²) < 4.78 is 1.20. The topological polar surface area (TPSA) is 12.0 Å². The van der Waals surface area contributed by atoms with Gasteiger partial charge < -0.3 is 5.32 Å². The van der Waals surface area contributed by atoms with Crippen LogP contribution in [0.2, 0.25) is 0 Å². The summed E-state index contributed by atoms with van der Waals surface area (Å²) >= 11 is 3.57. The maximum absolute atomic E-state index is 3.57. The van der Waals surface area contributed by atoms with Crippen molar-refractivity contribution in [2.45, 2.75) is 32.7 Å². The van der Waals surface area contributed by atoms with Gasteiger partial charge in [0, 0.05) is 10.5 Å². The van der Waals surface area contributed by atoms with Crippen molar-refractivity contribution in [3.8, 4) is 0 Å². The Morgan fingerprint density at radius 2 is 2.14 bits per heavy atom. The Bertz CT molecular complexity index is 340. The van der Waals surface area contributed by atoms with E-state index in [9.17, 15) is 0 Å². The molecule has 1 N–H and O–H groups in total. The molecule has 14 heavy (non-hydrogen) atoms. The van der Waals surface area contributed by atoms with Gasteiger partial charge in [0.2, 0.25) is 0 Å². The third kappa shape index (κ3) is 1.86. The molecule has 0 saturated carbocycles. The van der Waals surface area contributed by atoms with Crippen LogP contribution in [0.4, 0.5) is 0 Å². The summed E-state index contributed by atoms with van der Waals surface area (Å²) in [5.41, 5.74) is 4.28. The quantitative estimate of drug-likeness (QED) is 0.808. The van der Waals surface area contributed by atoms with Crippen LogP contribution in [-0.4, -0.2) is 6.54 Å². The standard InChI is InChI=1S/C12H16BrN/c1-8-6-10(13)7-11(9(8)2)12-4-3-5-14-12/h6-7,12,14H,3-5H2,1-2H3. The summed E-state index contributed by atoms with van der Waals surface area (Å²) in [6, 6.07) is 5.02. The van der Waals surface area contributed by atoms with Crippen molar-refractivity contribution in [1.82, 2.24) is 5.32 Å². The van der Waals surface area contributed by atoms with Crippen molar-refractivity contribution in [2.75, 3.05) is 6.54 Å². The van der Waals surface area contributed by atoms with Gasteiger partial charge in [-0.1, -0.05) is 15.9 Å². The van der Waals surface area contributed by atoms with E-state index >= 15 is 0 Å². The summed E-state index contributed by atoms with van der Waals surface area (Å²) in [7, 11) is 0. The SMILES string of the molecule is Cc1cc(Br)cc(C2CCCN2)c1C. The van der Waals surface area contributed by atoms with Gasteiger partial charge in [0.25, 0.3) is 0 Å². The molecule has 0 radical (unpaired) electrons. The zero-order valence-electron chi connectivity index (χ0n) is 8.73. The Kier molecular flexibility index (Phi) is 2.93. The summed E-state index contributed by atoms with van der Waals surface area (Å²) in [4.78, 5) is 0. The summed E-state index contributed by atoms with van der Waals surface area (Å²) in [6.07, 6.45) is 2.58. The second kappa shape index (κ2) is 4.03. The largest absolute Gasteiger partial charge is 0.310 e. The molecular formula is C12H16BrN. The molecule has 1 atom stereocenters. The highest BCUT2D eigenvalue weighted by atomic mass is 79.9. The molecule has 0 spiro atoms.